The van der Waals surface area contributed by atoms with Crippen LogP contribution in [-0.4, -0.2) is 16.3 Å². The van der Waals surface area contributed by atoms with Crippen LogP contribution in [0.3, 0.4) is 0 Å². The topological polar surface area (TPSA) is 65.1 Å². The smallest absolute Gasteiger partial charge is 0.265 e. The molecule has 1 aromatic heterocycles. The lowest BCUT2D eigenvalue weighted by atomic mass is 10.2. The van der Waals surface area contributed by atoms with Gasteiger partial charge >= 0.3 is 0 Å². The van der Waals surface area contributed by atoms with Crippen molar-refractivity contribution < 1.29 is 9.59 Å². The zero-order chi connectivity index (χ0) is 14.5. The Bertz CT molecular complexity index is 654. The molecule has 20 heavy (non-hydrogen) atoms. The van der Waals surface area contributed by atoms with Crippen LogP contribution in [-0.2, 0) is 6.54 Å². The number of ketones is 1. The molecule has 102 valence electrons. The first-order valence-corrected chi connectivity index (χ1v) is 6.30. The number of benzene rings is 1. The summed E-state index contributed by atoms with van der Waals surface area (Å²) < 4.78 is 1.68. The number of nitrogens with zero attached hydrogens (tertiary/aromatic N) is 1. The molecule has 4 heteroatoms. The number of nitrogens with two attached hydrogens (primary N) is 1. The lowest BCUT2D eigenvalue weighted by molar-refractivity contribution is 0.0990. The minimum atomic E-state index is -0.536. The normalized spacial score (nSPS) is 10.8. The molecule has 1 heterocycles. The molecule has 0 spiro atoms. The summed E-state index contributed by atoms with van der Waals surface area (Å²) in [4.78, 5) is 22.7. The van der Waals surface area contributed by atoms with Crippen LogP contribution in [0.4, 0.5) is 0 Å². The Morgan fingerprint density at radius 3 is 2.55 bits per heavy atom. The third kappa shape index (κ3) is 3.23. The van der Waals surface area contributed by atoms with E-state index in [9.17, 15) is 9.59 Å². The average Bonchev–Trinajstić information content (AvgIpc) is 2.84. The Labute approximate surface area is 117 Å². The van der Waals surface area contributed by atoms with Crippen LogP contribution in [0.5, 0.6) is 0 Å². The van der Waals surface area contributed by atoms with Crippen molar-refractivity contribution in [3.05, 3.63) is 65.5 Å². The summed E-state index contributed by atoms with van der Waals surface area (Å²) in [6.45, 7) is 1.95. The zero-order valence-electron chi connectivity index (χ0n) is 11.2. The van der Waals surface area contributed by atoms with Gasteiger partial charge in [-0.3, -0.25) is 9.59 Å². The summed E-state index contributed by atoms with van der Waals surface area (Å²) in [6.07, 6.45) is 5.53. The second-order valence-electron chi connectivity index (χ2n) is 4.50. The van der Waals surface area contributed by atoms with Crippen molar-refractivity contribution in [3.8, 4) is 0 Å². The van der Waals surface area contributed by atoms with Gasteiger partial charge in [-0.15, -0.1) is 0 Å². The molecule has 1 amide bonds. The number of carbonyl (C=O) groups excluding carboxylic acids is 2. The molecule has 0 atom stereocenters. The van der Waals surface area contributed by atoms with E-state index in [2.05, 4.69) is 0 Å². The zero-order valence-corrected chi connectivity index (χ0v) is 11.2. The maximum absolute atomic E-state index is 11.4. The summed E-state index contributed by atoms with van der Waals surface area (Å²) in [5.41, 5.74) is 7.22. The summed E-state index contributed by atoms with van der Waals surface area (Å²) in [5, 5.41) is 0. The first-order valence-electron chi connectivity index (χ1n) is 6.30. The maximum Gasteiger partial charge on any atom is 0.265 e. The largest absolute Gasteiger partial charge is 0.364 e. The van der Waals surface area contributed by atoms with Crippen molar-refractivity contribution >= 4 is 17.8 Å². The highest BCUT2D eigenvalue weighted by atomic mass is 16.1. The Hall–Kier alpha value is -2.62. The lowest BCUT2D eigenvalue weighted by Gasteiger charge is -2.02. The van der Waals surface area contributed by atoms with Gasteiger partial charge in [-0.05, 0) is 18.6 Å². The van der Waals surface area contributed by atoms with E-state index < -0.39 is 5.91 Å². The third-order valence-electron chi connectivity index (χ3n) is 2.97. The molecule has 0 saturated carbocycles. The van der Waals surface area contributed by atoms with E-state index in [1.54, 1.807) is 10.8 Å². The standard InChI is InChI=1S/C16H16N2O2/c1-12(19)14-10-15(16(17)20)18(11-14)9-5-8-13-6-3-2-4-7-13/h2-8,10-11H,9H2,1H3,(H2,17,20)/b8-5+. The molecule has 0 fully saturated rings. The molecule has 0 aliphatic heterocycles. The van der Waals surface area contributed by atoms with Gasteiger partial charge in [0.1, 0.15) is 5.69 Å². The maximum atomic E-state index is 11.4. The molecule has 0 radical (unpaired) electrons. The van der Waals surface area contributed by atoms with E-state index in [1.165, 1.54) is 13.0 Å². The van der Waals surface area contributed by atoms with E-state index >= 15 is 0 Å². The van der Waals surface area contributed by atoms with Gasteiger partial charge in [-0.1, -0.05) is 42.5 Å². The van der Waals surface area contributed by atoms with Crippen molar-refractivity contribution in [3.63, 3.8) is 0 Å². The molecule has 0 aliphatic rings. The minimum absolute atomic E-state index is 0.0849. The highest BCUT2D eigenvalue weighted by Gasteiger charge is 2.12. The fraction of sp³-hybridized carbons (Fsp3) is 0.125. The van der Waals surface area contributed by atoms with Gasteiger partial charge in [-0.2, -0.15) is 0 Å². The molecule has 2 aromatic rings. The number of allylic oxidation sites excluding steroid dienone is 1. The number of primary amides is 1. The Kier molecular flexibility index (Phi) is 4.15. The number of amides is 1. The average molecular weight is 268 g/mol. The van der Waals surface area contributed by atoms with Gasteiger partial charge in [0.2, 0.25) is 0 Å². The Morgan fingerprint density at radius 1 is 1.25 bits per heavy atom. The lowest BCUT2D eigenvalue weighted by Crippen LogP contribution is -2.16. The number of aromatic nitrogens is 1. The van der Waals surface area contributed by atoms with Crippen LogP contribution in [0.2, 0.25) is 0 Å². The van der Waals surface area contributed by atoms with E-state index in [1.807, 2.05) is 42.5 Å². The molecule has 0 bridgehead atoms. The molecule has 0 unspecified atom stereocenters. The van der Waals surface area contributed by atoms with E-state index in [0.29, 0.717) is 17.8 Å². The van der Waals surface area contributed by atoms with E-state index in [4.69, 9.17) is 5.73 Å². The van der Waals surface area contributed by atoms with Gasteiger partial charge in [0.15, 0.2) is 5.78 Å². The van der Waals surface area contributed by atoms with E-state index in [0.717, 1.165) is 5.56 Å². The van der Waals surface area contributed by atoms with Crippen molar-refractivity contribution in [2.75, 3.05) is 0 Å². The molecule has 2 rings (SSSR count). The molecule has 1 aromatic carbocycles. The number of hydrogen-bond donors (Lipinski definition) is 1. The highest BCUT2D eigenvalue weighted by molar-refractivity contribution is 5.98. The van der Waals surface area contributed by atoms with Crippen LogP contribution >= 0.6 is 0 Å². The number of Topliss-reactive ketones (excluding diaryl/α,β-unsaturated/α-hetero) is 1. The molecule has 0 saturated heterocycles. The third-order valence-corrected chi connectivity index (χ3v) is 2.97. The summed E-state index contributed by atoms with van der Waals surface area (Å²) >= 11 is 0. The second kappa shape index (κ2) is 6.02. The van der Waals surface area contributed by atoms with Crippen molar-refractivity contribution in [1.29, 1.82) is 0 Å². The minimum Gasteiger partial charge on any atom is -0.364 e. The first-order chi connectivity index (χ1) is 9.58. The van der Waals surface area contributed by atoms with Crippen molar-refractivity contribution in [2.45, 2.75) is 13.5 Å². The predicted octanol–water partition coefficient (Wildman–Crippen LogP) is 2.50. The van der Waals surface area contributed by atoms with E-state index in [-0.39, 0.29) is 5.78 Å². The monoisotopic (exact) mass is 268 g/mol. The Balaban J connectivity index is 2.18. The van der Waals surface area contributed by atoms with Gasteiger partial charge < -0.3 is 10.3 Å². The van der Waals surface area contributed by atoms with Crippen LogP contribution in [0.25, 0.3) is 6.08 Å². The SMILES string of the molecule is CC(=O)c1cc(C(N)=O)n(C/C=C/c2ccccc2)c1. The molecule has 0 aliphatic carbocycles. The summed E-state index contributed by atoms with van der Waals surface area (Å²) in [5.74, 6) is -0.621. The van der Waals surface area contributed by atoms with Crippen LogP contribution < -0.4 is 5.73 Å². The molecule has 4 nitrogen and oxygen atoms in total. The molecular formula is C16H16N2O2. The van der Waals surface area contributed by atoms with Crippen LogP contribution in [0.15, 0.2) is 48.7 Å². The Morgan fingerprint density at radius 2 is 1.95 bits per heavy atom. The van der Waals surface area contributed by atoms with Crippen molar-refractivity contribution in [2.24, 2.45) is 5.73 Å². The first kappa shape index (κ1) is 13.8. The van der Waals surface area contributed by atoms with Crippen LogP contribution in [0.1, 0.15) is 33.3 Å². The van der Waals surface area contributed by atoms with Gasteiger partial charge in [0.25, 0.3) is 5.91 Å². The summed E-state index contributed by atoms with van der Waals surface area (Å²) in [6, 6.07) is 11.4. The molecular weight excluding hydrogens is 252 g/mol. The van der Waals surface area contributed by atoms with Crippen molar-refractivity contribution in [1.82, 2.24) is 4.57 Å². The number of rotatable bonds is 5. The number of hydrogen-bond acceptors (Lipinski definition) is 2. The quantitative estimate of drug-likeness (QED) is 0.847. The van der Waals surface area contributed by atoms with Gasteiger partial charge in [0.05, 0.1) is 0 Å². The summed E-state index contributed by atoms with van der Waals surface area (Å²) in [7, 11) is 0. The van der Waals surface area contributed by atoms with Crippen LogP contribution in [0, 0.1) is 0 Å². The second-order valence-corrected chi connectivity index (χ2v) is 4.50. The number of carbonyl (C=O) groups is 2. The van der Waals surface area contributed by atoms with Gasteiger partial charge in [-0.25, -0.2) is 0 Å². The fourth-order valence-corrected chi connectivity index (χ4v) is 1.93. The van der Waals surface area contributed by atoms with Gasteiger partial charge in [0, 0.05) is 18.3 Å². The highest BCUT2D eigenvalue weighted by Crippen LogP contribution is 2.10. The molecule has 2 N–H and O–H groups in total. The fourth-order valence-electron chi connectivity index (χ4n) is 1.93. The predicted molar refractivity (Wildman–Crippen MR) is 78.4 cm³/mol.